The number of halogens is 6. The van der Waals surface area contributed by atoms with Crippen LogP contribution in [0.2, 0.25) is 0 Å². The second-order valence-corrected chi connectivity index (χ2v) is 13.1. The third-order valence-electron chi connectivity index (χ3n) is 6.75. The molecule has 2 atom stereocenters. The molecular weight excluding hydrogens is 600 g/mol. The molecule has 0 amide bonds. The van der Waals surface area contributed by atoms with Gasteiger partial charge in [0.25, 0.3) is 0 Å². The van der Waals surface area contributed by atoms with E-state index < -0.39 is 51.6 Å². The van der Waals surface area contributed by atoms with Crippen molar-refractivity contribution in [1.82, 2.24) is 4.72 Å². The minimum atomic E-state index is -4.90. The summed E-state index contributed by atoms with van der Waals surface area (Å²) in [6.07, 6.45) is -5.85. The maximum Gasteiger partial charge on any atom is 0.461 e. The number of ether oxygens (including phenoxy) is 1. The topological polar surface area (TPSA) is 44.3 Å². The molecule has 4 aromatic carbocycles. The van der Waals surface area contributed by atoms with Gasteiger partial charge in [-0.1, -0.05) is 78.9 Å². The minimum Gasteiger partial charge on any atom is -0.598 e. The molecule has 0 heterocycles. The summed E-state index contributed by atoms with van der Waals surface area (Å²) in [6, 6.07) is 24.6. The molecule has 0 aliphatic rings. The highest BCUT2D eigenvalue weighted by Gasteiger charge is 2.46. The molecule has 232 valence electrons. The summed E-state index contributed by atoms with van der Waals surface area (Å²) in [7, 11) is 0. The van der Waals surface area contributed by atoms with Gasteiger partial charge in [-0.25, -0.2) is 8.78 Å². The van der Waals surface area contributed by atoms with Crippen LogP contribution in [0.3, 0.4) is 0 Å². The average Bonchev–Trinajstić information content (AvgIpc) is 2.96. The molecule has 4 rings (SSSR count). The molecule has 3 nitrogen and oxygen atoms in total. The van der Waals surface area contributed by atoms with Crippen molar-refractivity contribution in [2.24, 2.45) is 0 Å². The third kappa shape index (κ3) is 8.05. The zero-order valence-electron chi connectivity index (χ0n) is 24.2. The maximum absolute atomic E-state index is 15.2. The average molecular weight is 632 g/mol. The van der Waals surface area contributed by atoms with Gasteiger partial charge >= 0.3 is 12.5 Å². The van der Waals surface area contributed by atoms with E-state index in [9.17, 15) is 22.1 Å². The zero-order chi connectivity index (χ0) is 32.1. The highest BCUT2D eigenvalue weighted by atomic mass is 32.2. The molecule has 0 aliphatic carbocycles. The van der Waals surface area contributed by atoms with Gasteiger partial charge in [-0.2, -0.15) is 17.6 Å². The van der Waals surface area contributed by atoms with E-state index in [1.807, 2.05) is 30.3 Å². The first-order valence-corrected chi connectivity index (χ1v) is 14.8. The number of rotatable bonds is 11. The van der Waals surface area contributed by atoms with Gasteiger partial charge in [-0.3, -0.25) is 0 Å². The number of hydrogen-bond acceptors (Lipinski definition) is 3. The maximum atomic E-state index is 15.2. The lowest BCUT2D eigenvalue weighted by atomic mass is 9.78. The van der Waals surface area contributed by atoms with Crippen molar-refractivity contribution in [2.75, 3.05) is 0 Å². The number of alkyl halides is 4. The Labute approximate surface area is 255 Å². The molecular formula is C34H31F6NO2S. The van der Waals surface area contributed by atoms with Gasteiger partial charge in [0.05, 0.1) is 0 Å². The van der Waals surface area contributed by atoms with E-state index in [2.05, 4.69) is 9.46 Å². The Balaban J connectivity index is 1.98. The van der Waals surface area contributed by atoms with Crippen LogP contribution in [0.4, 0.5) is 26.3 Å². The van der Waals surface area contributed by atoms with E-state index in [1.54, 1.807) is 63.3 Å². The minimum absolute atomic E-state index is 0.0166. The Bertz CT molecular complexity index is 1580. The van der Waals surface area contributed by atoms with Crippen LogP contribution in [-0.2, 0) is 23.3 Å². The Morgan fingerprint density at radius 3 is 2.07 bits per heavy atom. The highest BCUT2D eigenvalue weighted by Crippen LogP contribution is 2.40. The Morgan fingerprint density at radius 2 is 1.45 bits per heavy atom. The van der Waals surface area contributed by atoms with Crippen LogP contribution in [0, 0.1) is 11.6 Å². The van der Waals surface area contributed by atoms with Crippen LogP contribution in [0.5, 0.6) is 5.75 Å². The predicted octanol–water partition coefficient (Wildman–Crippen LogP) is 8.91. The highest BCUT2D eigenvalue weighted by molar-refractivity contribution is 7.90. The first kappa shape index (κ1) is 33.2. The third-order valence-corrected chi connectivity index (χ3v) is 8.40. The molecule has 0 aliphatic heterocycles. The van der Waals surface area contributed by atoms with E-state index in [-0.39, 0.29) is 17.5 Å². The smallest absolute Gasteiger partial charge is 0.461 e. The van der Waals surface area contributed by atoms with Crippen molar-refractivity contribution < 1.29 is 35.6 Å². The monoisotopic (exact) mass is 631 g/mol. The zero-order valence-corrected chi connectivity index (χ0v) is 25.0. The SMILES string of the molecule is CC(C)(C)[S+]([O-])N[C@@](Cc1ccccc1)(c1cc(F)cc(OC(F)(F)C(F)F)c1)c1ccc(F)c(C=Cc2ccccc2)c1. The van der Waals surface area contributed by atoms with Gasteiger partial charge in [0.15, 0.2) is 0 Å². The number of hydrogen-bond donors (Lipinski definition) is 1. The van der Waals surface area contributed by atoms with E-state index in [0.717, 1.165) is 17.7 Å². The Hall–Kier alpha value is -3.73. The molecule has 10 heteroatoms. The lowest BCUT2D eigenvalue weighted by Crippen LogP contribution is -2.53. The molecule has 0 fully saturated rings. The van der Waals surface area contributed by atoms with Crippen LogP contribution in [0.25, 0.3) is 12.2 Å². The molecule has 4 aromatic rings. The van der Waals surface area contributed by atoms with Crippen molar-refractivity contribution in [2.45, 2.75) is 50.0 Å². The van der Waals surface area contributed by atoms with Crippen molar-refractivity contribution >= 4 is 23.5 Å². The lowest BCUT2D eigenvalue weighted by molar-refractivity contribution is -0.253. The van der Waals surface area contributed by atoms with E-state index in [0.29, 0.717) is 17.2 Å². The summed E-state index contributed by atoms with van der Waals surface area (Å²) in [5.41, 5.74) is 0.217. The molecule has 0 saturated heterocycles. The van der Waals surface area contributed by atoms with Crippen molar-refractivity contribution in [1.29, 1.82) is 0 Å². The fourth-order valence-electron chi connectivity index (χ4n) is 4.49. The predicted molar refractivity (Wildman–Crippen MR) is 162 cm³/mol. The molecule has 0 spiro atoms. The first-order chi connectivity index (χ1) is 20.7. The molecule has 0 radical (unpaired) electrons. The summed E-state index contributed by atoms with van der Waals surface area (Å²) in [5.74, 6) is -2.50. The molecule has 1 N–H and O–H groups in total. The normalized spacial score (nSPS) is 14.5. The standard InChI is InChI=1S/C34H31F6NO2S/c1-32(2,3)44(42)41-33(22-24-12-8-5-9-13-24,27-19-28(35)21-29(20-27)43-34(39,40)31(37)38)26-16-17-30(36)25(18-26)15-14-23-10-6-4-7-11-23/h4-21,31,41H,22H2,1-3H3/t33-,44?/m1/s1. The molecule has 0 aromatic heterocycles. The largest absolute Gasteiger partial charge is 0.598 e. The van der Waals surface area contributed by atoms with Crippen LogP contribution < -0.4 is 9.46 Å². The Morgan fingerprint density at radius 1 is 0.818 bits per heavy atom. The van der Waals surface area contributed by atoms with Crippen molar-refractivity contribution in [3.63, 3.8) is 0 Å². The molecule has 0 bridgehead atoms. The summed E-state index contributed by atoms with van der Waals surface area (Å²) in [4.78, 5) is 0. The van der Waals surface area contributed by atoms with Crippen LogP contribution in [-0.4, -0.2) is 21.8 Å². The van der Waals surface area contributed by atoms with Gasteiger partial charge in [0.1, 0.15) is 27.7 Å². The van der Waals surface area contributed by atoms with Crippen LogP contribution >= 0.6 is 0 Å². The molecule has 1 unspecified atom stereocenters. The van der Waals surface area contributed by atoms with Crippen molar-refractivity contribution in [3.05, 3.63) is 137 Å². The van der Waals surface area contributed by atoms with Crippen molar-refractivity contribution in [3.8, 4) is 5.75 Å². The second-order valence-electron chi connectivity index (χ2n) is 11.2. The van der Waals surface area contributed by atoms with Gasteiger partial charge < -0.3 is 9.29 Å². The first-order valence-electron chi connectivity index (χ1n) is 13.6. The summed E-state index contributed by atoms with van der Waals surface area (Å²) < 4.78 is 104. The number of benzene rings is 4. The summed E-state index contributed by atoms with van der Waals surface area (Å²) in [5, 5.41) is 0. The molecule has 44 heavy (non-hydrogen) atoms. The van der Waals surface area contributed by atoms with Gasteiger partial charge in [-0.05, 0) is 67.3 Å². The fourth-order valence-corrected chi connectivity index (χ4v) is 5.43. The van der Waals surface area contributed by atoms with Gasteiger partial charge in [0.2, 0.25) is 0 Å². The summed E-state index contributed by atoms with van der Waals surface area (Å²) in [6.45, 7) is 5.10. The fraction of sp³-hybridized carbons (Fsp3) is 0.235. The van der Waals surface area contributed by atoms with E-state index >= 15 is 8.78 Å². The van der Waals surface area contributed by atoms with E-state index in [4.69, 9.17) is 0 Å². The van der Waals surface area contributed by atoms with E-state index in [1.165, 1.54) is 18.2 Å². The Kier molecular flexibility index (Phi) is 10.2. The quantitative estimate of drug-likeness (QED) is 0.102. The molecule has 0 saturated carbocycles. The van der Waals surface area contributed by atoms with Crippen LogP contribution in [0.1, 0.15) is 48.6 Å². The van der Waals surface area contributed by atoms with Crippen LogP contribution in [0.15, 0.2) is 97.1 Å². The van der Waals surface area contributed by atoms with Gasteiger partial charge in [0, 0.05) is 29.4 Å². The summed E-state index contributed by atoms with van der Waals surface area (Å²) >= 11 is -1.86. The van der Waals surface area contributed by atoms with Gasteiger partial charge in [-0.15, -0.1) is 4.72 Å². The lowest BCUT2D eigenvalue weighted by Gasteiger charge is -2.39. The second kappa shape index (κ2) is 13.5. The number of nitrogens with one attached hydrogen (secondary N) is 1.